The van der Waals surface area contributed by atoms with Crippen molar-refractivity contribution in [2.75, 3.05) is 18.1 Å². The monoisotopic (exact) mass is 205 g/mol. The first-order chi connectivity index (χ1) is 6.24. The quantitative estimate of drug-likeness (QED) is 0.593. The van der Waals surface area contributed by atoms with Crippen LogP contribution in [-0.2, 0) is 0 Å². The lowest BCUT2D eigenvalue weighted by molar-refractivity contribution is 0.229. The summed E-state index contributed by atoms with van der Waals surface area (Å²) in [5.74, 6) is 2.31. The molecule has 0 heterocycles. The van der Waals surface area contributed by atoms with Crippen molar-refractivity contribution >= 4 is 11.8 Å². The molecule has 0 rings (SSSR count). The molecule has 80 valence electrons. The first-order valence-electron chi connectivity index (χ1n) is 5.19. The van der Waals surface area contributed by atoms with Crippen LogP contribution in [0.5, 0.6) is 0 Å². The molecule has 0 spiro atoms. The Labute approximate surface area is 86.5 Å². The summed E-state index contributed by atoms with van der Waals surface area (Å²) in [6.07, 6.45) is 2.19. The predicted octanol–water partition coefficient (Wildman–Crippen LogP) is 1.88. The highest BCUT2D eigenvalue weighted by atomic mass is 32.2. The molecule has 0 aliphatic rings. The third kappa shape index (κ3) is 7.35. The highest BCUT2D eigenvalue weighted by Crippen LogP contribution is 2.05. The highest BCUT2D eigenvalue weighted by molar-refractivity contribution is 7.99. The number of aliphatic hydroxyl groups excluding tert-OH is 1. The van der Waals surface area contributed by atoms with E-state index < -0.39 is 0 Å². The van der Waals surface area contributed by atoms with Crippen LogP contribution in [0.4, 0.5) is 0 Å². The number of thioether (sulfide) groups is 1. The molecule has 2 N–H and O–H groups in total. The Morgan fingerprint density at radius 1 is 1.38 bits per heavy atom. The number of hydrogen-bond donors (Lipinski definition) is 2. The van der Waals surface area contributed by atoms with Gasteiger partial charge in [0.1, 0.15) is 0 Å². The molecule has 0 aromatic rings. The fraction of sp³-hybridized carbons (Fsp3) is 1.00. The van der Waals surface area contributed by atoms with Gasteiger partial charge in [-0.2, -0.15) is 11.8 Å². The van der Waals surface area contributed by atoms with Crippen LogP contribution >= 0.6 is 11.8 Å². The molecule has 2 atom stereocenters. The van der Waals surface area contributed by atoms with Crippen LogP contribution in [-0.4, -0.2) is 35.3 Å². The molecule has 0 aromatic heterocycles. The van der Waals surface area contributed by atoms with Gasteiger partial charge in [-0.15, -0.1) is 0 Å². The second-order valence-corrected chi connectivity index (χ2v) is 4.73. The highest BCUT2D eigenvalue weighted by Gasteiger charge is 2.08. The summed E-state index contributed by atoms with van der Waals surface area (Å²) >= 11 is 1.94. The average molecular weight is 205 g/mol. The molecule has 0 aromatic carbocycles. The van der Waals surface area contributed by atoms with Crippen LogP contribution in [0.15, 0.2) is 0 Å². The summed E-state index contributed by atoms with van der Waals surface area (Å²) in [4.78, 5) is 0. The Balaban J connectivity index is 3.50. The van der Waals surface area contributed by atoms with Crippen LogP contribution in [0.3, 0.4) is 0 Å². The topological polar surface area (TPSA) is 32.3 Å². The summed E-state index contributed by atoms with van der Waals surface area (Å²) < 4.78 is 0. The lowest BCUT2D eigenvalue weighted by atomic mass is 10.2. The zero-order valence-electron chi connectivity index (χ0n) is 9.05. The summed E-state index contributed by atoms with van der Waals surface area (Å²) in [6.45, 7) is 6.75. The minimum Gasteiger partial charge on any atom is -0.395 e. The molecule has 0 fully saturated rings. The maximum absolute atomic E-state index is 9.10. The minimum absolute atomic E-state index is 0.259. The zero-order valence-corrected chi connectivity index (χ0v) is 9.86. The van der Waals surface area contributed by atoms with Crippen molar-refractivity contribution in [3.05, 3.63) is 0 Å². The smallest absolute Gasteiger partial charge is 0.0585 e. The summed E-state index contributed by atoms with van der Waals surface area (Å²) in [5, 5.41) is 12.5. The molecule has 0 saturated carbocycles. The zero-order chi connectivity index (χ0) is 10.1. The average Bonchev–Trinajstić information content (AvgIpc) is 2.16. The van der Waals surface area contributed by atoms with Gasteiger partial charge >= 0.3 is 0 Å². The summed E-state index contributed by atoms with van der Waals surface area (Å²) in [6, 6.07) is 0.803. The van der Waals surface area contributed by atoms with Crippen molar-refractivity contribution in [3.63, 3.8) is 0 Å². The van der Waals surface area contributed by atoms with E-state index in [1.54, 1.807) is 0 Å². The first-order valence-corrected chi connectivity index (χ1v) is 6.34. The van der Waals surface area contributed by atoms with Gasteiger partial charge in [0.15, 0.2) is 0 Å². The molecule has 3 heteroatoms. The Kier molecular flexibility index (Phi) is 9.03. The Morgan fingerprint density at radius 3 is 2.54 bits per heavy atom. The van der Waals surface area contributed by atoms with Gasteiger partial charge in [-0.1, -0.05) is 13.8 Å². The molecule has 0 amide bonds. The fourth-order valence-electron chi connectivity index (χ4n) is 1.12. The van der Waals surface area contributed by atoms with Crippen LogP contribution in [0.1, 0.15) is 33.6 Å². The SMILES string of the molecule is CCSCCC(CO)NC(C)CC. The molecular formula is C10H23NOS. The van der Waals surface area contributed by atoms with Gasteiger partial charge in [-0.25, -0.2) is 0 Å². The van der Waals surface area contributed by atoms with Crippen molar-refractivity contribution in [3.8, 4) is 0 Å². The van der Waals surface area contributed by atoms with Crippen molar-refractivity contribution in [2.24, 2.45) is 0 Å². The second kappa shape index (κ2) is 8.85. The number of hydrogen-bond acceptors (Lipinski definition) is 3. The molecule has 0 bridgehead atoms. The number of nitrogens with one attached hydrogen (secondary N) is 1. The van der Waals surface area contributed by atoms with Gasteiger partial charge in [0.2, 0.25) is 0 Å². The molecule has 0 aliphatic carbocycles. The van der Waals surface area contributed by atoms with E-state index in [9.17, 15) is 0 Å². The van der Waals surface area contributed by atoms with E-state index in [0.29, 0.717) is 6.04 Å². The van der Waals surface area contributed by atoms with Crippen LogP contribution in [0.25, 0.3) is 0 Å². The van der Waals surface area contributed by atoms with E-state index in [1.807, 2.05) is 11.8 Å². The lowest BCUT2D eigenvalue weighted by Crippen LogP contribution is -2.39. The Morgan fingerprint density at radius 2 is 2.08 bits per heavy atom. The molecule has 0 radical (unpaired) electrons. The van der Waals surface area contributed by atoms with E-state index in [1.165, 1.54) is 5.75 Å². The first kappa shape index (κ1) is 13.3. The standard InChI is InChI=1S/C10H23NOS/c1-4-9(3)11-10(8-12)6-7-13-5-2/h9-12H,4-8H2,1-3H3. The summed E-state index contributed by atoms with van der Waals surface area (Å²) in [7, 11) is 0. The number of rotatable bonds is 8. The van der Waals surface area contributed by atoms with E-state index in [4.69, 9.17) is 5.11 Å². The van der Waals surface area contributed by atoms with Crippen molar-refractivity contribution in [1.82, 2.24) is 5.32 Å². The van der Waals surface area contributed by atoms with E-state index in [0.717, 1.165) is 18.6 Å². The Bertz CT molecular complexity index is 111. The van der Waals surface area contributed by atoms with Gasteiger partial charge < -0.3 is 10.4 Å². The van der Waals surface area contributed by atoms with Crippen molar-refractivity contribution < 1.29 is 5.11 Å². The van der Waals surface area contributed by atoms with Gasteiger partial charge in [-0.05, 0) is 31.3 Å². The van der Waals surface area contributed by atoms with Crippen molar-refractivity contribution in [2.45, 2.75) is 45.7 Å². The lowest BCUT2D eigenvalue weighted by Gasteiger charge is -2.20. The summed E-state index contributed by atoms with van der Waals surface area (Å²) in [5.41, 5.74) is 0. The van der Waals surface area contributed by atoms with E-state index >= 15 is 0 Å². The normalized spacial score (nSPS) is 15.7. The molecule has 2 unspecified atom stereocenters. The van der Waals surface area contributed by atoms with Gasteiger partial charge in [0.05, 0.1) is 6.61 Å². The third-order valence-corrected chi connectivity index (χ3v) is 3.10. The van der Waals surface area contributed by atoms with Gasteiger partial charge in [-0.3, -0.25) is 0 Å². The Hall–Kier alpha value is 0.270. The van der Waals surface area contributed by atoms with E-state index in [2.05, 4.69) is 26.1 Å². The van der Waals surface area contributed by atoms with E-state index in [-0.39, 0.29) is 12.6 Å². The molecule has 2 nitrogen and oxygen atoms in total. The maximum Gasteiger partial charge on any atom is 0.0585 e. The predicted molar refractivity (Wildman–Crippen MR) is 61.4 cm³/mol. The number of aliphatic hydroxyl groups is 1. The molecular weight excluding hydrogens is 182 g/mol. The fourth-order valence-corrected chi connectivity index (χ4v) is 1.86. The maximum atomic E-state index is 9.10. The van der Waals surface area contributed by atoms with Crippen LogP contribution in [0, 0.1) is 0 Å². The largest absolute Gasteiger partial charge is 0.395 e. The van der Waals surface area contributed by atoms with Gasteiger partial charge in [0, 0.05) is 12.1 Å². The van der Waals surface area contributed by atoms with Gasteiger partial charge in [0.25, 0.3) is 0 Å². The van der Waals surface area contributed by atoms with Crippen LogP contribution in [0.2, 0.25) is 0 Å². The molecule has 0 saturated heterocycles. The van der Waals surface area contributed by atoms with Crippen LogP contribution < -0.4 is 5.32 Å². The molecule has 13 heavy (non-hydrogen) atoms. The molecule has 0 aliphatic heterocycles. The minimum atomic E-state index is 0.259. The third-order valence-electron chi connectivity index (χ3n) is 2.17. The van der Waals surface area contributed by atoms with Crippen molar-refractivity contribution in [1.29, 1.82) is 0 Å². The second-order valence-electron chi connectivity index (χ2n) is 3.34.